The molecule has 1 aliphatic heterocycles. The highest BCUT2D eigenvalue weighted by Gasteiger charge is 2.19. The lowest BCUT2D eigenvalue weighted by molar-refractivity contribution is -0.113. The van der Waals surface area contributed by atoms with Crippen LogP contribution in [0.3, 0.4) is 0 Å². The van der Waals surface area contributed by atoms with Crippen LogP contribution in [0.2, 0.25) is 0 Å². The summed E-state index contributed by atoms with van der Waals surface area (Å²) in [5.41, 5.74) is 3.05. The van der Waals surface area contributed by atoms with Gasteiger partial charge in [-0.05, 0) is 62.2 Å². The van der Waals surface area contributed by atoms with Crippen LogP contribution in [0.4, 0.5) is 5.69 Å². The first-order valence-corrected chi connectivity index (χ1v) is 12.7. The Morgan fingerprint density at radius 3 is 2.59 bits per heavy atom. The molecule has 32 heavy (non-hydrogen) atoms. The van der Waals surface area contributed by atoms with Gasteiger partial charge in [-0.25, -0.2) is 0 Å². The maximum absolute atomic E-state index is 12.6. The van der Waals surface area contributed by atoms with Crippen LogP contribution in [0.25, 0.3) is 0 Å². The highest BCUT2D eigenvalue weighted by Crippen LogP contribution is 2.23. The van der Waals surface area contributed by atoms with Crippen molar-refractivity contribution in [3.05, 3.63) is 70.0 Å². The molecule has 168 valence electrons. The number of likely N-dealkylation sites (tertiary alicyclic amines) is 1. The molecule has 4 rings (SSSR count). The lowest BCUT2D eigenvalue weighted by Crippen LogP contribution is -2.30. The molecule has 0 unspecified atom stereocenters. The first kappa shape index (κ1) is 23.0. The van der Waals surface area contributed by atoms with Crippen molar-refractivity contribution in [1.29, 1.82) is 0 Å². The molecule has 1 N–H and O–H groups in total. The Bertz CT molecular complexity index is 1050. The number of nitrogens with one attached hydrogen (secondary N) is 1. The fourth-order valence-electron chi connectivity index (χ4n) is 3.87. The molecule has 0 aliphatic carbocycles. The molecule has 1 saturated heterocycles. The number of hydrogen-bond acceptors (Lipinski definition) is 5. The summed E-state index contributed by atoms with van der Waals surface area (Å²) in [7, 11) is 0. The third kappa shape index (κ3) is 6.21. The average Bonchev–Trinajstić information content (AvgIpc) is 3.16. The minimum Gasteiger partial charge on any atom is -0.325 e. The van der Waals surface area contributed by atoms with Crippen LogP contribution in [0.1, 0.15) is 36.2 Å². The fraction of sp³-hybridized carbons (Fsp3) is 0.375. The first-order chi connectivity index (χ1) is 15.6. The maximum Gasteiger partial charge on any atom is 0.234 e. The molecule has 1 aliphatic rings. The topological polar surface area (TPSA) is 63.1 Å². The molecular formula is C24H28BrN5OS. The van der Waals surface area contributed by atoms with E-state index in [1.54, 1.807) is 0 Å². The standard InChI is InChI=1S/C24H28BrN5OS/c1-18-14-20(25)10-11-21(18)26-23(31)17-32-24-28-27-22(16-29-12-6-3-7-13-29)30(24)15-19-8-4-2-5-9-19/h2,4-5,8-11,14H,3,6-7,12-13,15-17H2,1H3,(H,26,31). The summed E-state index contributed by atoms with van der Waals surface area (Å²) in [6, 6.07) is 16.2. The van der Waals surface area contributed by atoms with Crippen LogP contribution in [-0.2, 0) is 17.9 Å². The molecule has 8 heteroatoms. The predicted octanol–water partition coefficient (Wildman–Crippen LogP) is 5.11. The molecule has 1 aromatic heterocycles. The number of carbonyl (C=O) groups excluding carboxylic acids is 1. The van der Waals surface area contributed by atoms with Gasteiger partial charge in [0.2, 0.25) is 5.91 Å². The molecule has 3 aromatic rings. The summed E-state index contributed by atoms with van der Waals surface area (Å²) in [5.74, 6) is 1.20. The number of thioether (sulfide) groups is 1. The number of nitrogens with zero attached hydrogens (tertiary/aromatic N) is 4. The summed E-state index contributed by atoms with van der Waals surface area (Å²) >= 11 is 4.89. The molecule has 0 atom stereocenters. The second kappa shape index (κ2) is 11.1. The van der Waals surface area contributed by atoms with Crippen molar-refractivity contribution in [3.63, 3.8) is 0 Å². The second-order valence-electron chi connectivity index (χ2n) is 8.10. The SMILES string of the molecule is Cc1cc(Br)ccc1NC(=O)CSc1nnc(CN2CCCCC2)n1Cc1ccccc1. The van der Waals surface area contributed by atoms with Gasteiger partial charge in [-0.15, -0.1) is 10.2 Å². The molecule has 0 radical (unpaired) electrons. The largest absolute Gasteiger partial charge is 0.325 e. The number of rotatable bonds is 8. The Kier molecular flexibility index (Phi) is 8.00. The molecule has 1 amide bonds. The number of piperidine rings is 1. The molecule has 0 bridgehead atoms. The molecule has 6 nitrogen and oxygen atoms in total. The van der Waals surface area contributed by atoms with E-state index in [-0.39, 0.29) is 11.7 Å². The van der Waals surface area contributed by atoms with Crippen LogP contribution in [-0.4, -0.2) is 44.4 Å². The zero-order valence-electron chi connectivity index (χ0n) is 18.3. The number of aromatic nitrogens is 3. The van der Waals surface area contributed by atoms with E-state index in [4.69, 9.17) is 0 Å². The van der Waals surface area contributed by atoms with Crippen LogP contribution in [0.15, 0.2) is 58.2 Å². The zero-order valence-corrected chi connectivity index (χ0v) is 20.7. The number of halogens is 1. The normalized spacial score (nSPS) is 14.4. The van der Waals surface area contributed by atoms with Gasteiger partial charge in [0.25, 0.3) is 0 Å². The number of aryl methyl sites for hydroxylation is 1. The Labute approximate surface area is 201 Å². The van der Waals surface area contributed by atoms with Gasteiger partial charge in [-0.1, -0.05) is 64.4 Å². The van der Waals surface area contributed by atoms with Crippen LogP contribution < -0.4 is 5.32 Å². The van der Waals surface area contributed by atoms with E-state index in [0.717, 1.165) is 46.3 Å². The Morgan fingerprint density at radius 1 is 1.06 bits per heavy atom. The highest BCUT2D eigenvalue weighted by atomic mass is 79.9. The minimum atomic E-state index is -0.0488. The van der Waals surface area contributed by atoms with Gasteiger partial charge in [-0.3, -0.25) is 9.69 Å². The minimum absolute atomic E-state index is 0.0488. The molecule has 0 saturated carbocycles. The summed E-state index contributed by atoms with van der Waals surface area (Å²) < 4.78 is 3.16. The van der Waals surface area contributed by atoms with E-state index in [1.807, 2.05) is 43.3 Å². The van der Waals surface area contributed by atoms with Gasteiger partial charge in [0.15, 0.2) is 5.16 Å². The van der Waals surface area contributed by atoms with E-state index in [1.165, 1.54) is 36.6 Å². The van der Waals surface area contributed by atoms with Crippen molar-refractivity contribution < 1.29 is 4.79 Å². The number of anilines is 1. The van der Waals surface area contributed by atoms with Gasteiger partial charge in [0, 0.05) is 10.2 Å². The van der Waals surface area contributed by atoms with E-state index in [2.05, 4.69) is 53.0 Å². The van der Waals surface area contributed by atoms with Crippen molar-refractivity contribution in [3.8, 4) is 0 Å². The monoisotopic (exact) mass is 513 g/mol. The van der Waals surface area contributed by atoms with Gasteiger partial charge < -0.3 is 9.88 Å². The first-order valence-electron chi connectivity index (χ1n) is 11.0. The van der Waals surface area contributed by atoms with Crippen molar-refractivity contribution >= 4 is 39.3 Å². The van der Waals surface area contributed by atoms with Crippen LogP contribution in [0, 0.1) is 6.92 Å². The fourth-order valence-corrected chi connectivity index (χ4v) is 5.10. The maximum atomic E-state index is 12.6. The Morgan fingerprint density at radius 2 is 1.84 bits per heavy atom. The molecule has 2 heterocycles. The van der Waals surface area contributed by atoms with Gasteiger partial charge in [-0.2, -0.15) is 0 Å². The lowest BCUT2D eigenvalue weighted by atomic mass is 10.1. The third-order valence-corrected chi connectivity index (χ3v) is 7.05. The summed E-state index contributed by atoms with van der Waals surface area (Å²) in [4.78, 5) is 15.1. The number of amides is 1. The van der Waals surface area contributed by atoms with Gasteiger partial charge >= 0.3 is 0 Å². The summed E-state index contributed by atoms with van der Waals surface area (Å²) in [5, 5.41) is 12.7. The molecular weight excluding hydrogens is 486 g/mol. The molecule has 1 fully saturated rings. The third-order valence-electron chi connectivity index (χ3n) is 5.59. The van der Waals surface area contributed by atoms with Crippen molar-refractivity contribution in [2.45, 2.75) is 44.4 Å². The van der Waals surface area contributed by atoms with Crippen molar-refractivity contribution in [2.75, 3.05) is 24.2 Å². The Hall–Kier alpha value is -2.16. The second-order valence-corrected chi connectivity index (χ2v) is 9.96. The van der Waals surface area contributed by atoms with E-state index in [0.29, 0.717) is 6.54 Å². The van der Waals surface area contributed by atoms with E-state index >= 15 is 0 Å². The summed E-state index contributed by atoms with van der Waals surface area (Å²) in [6.07, 6.45) is 3.79. The van der Waals surface area contributed by atoms with Crippen LogP contribution in [0.5, 0.6) is 0 Å². The molecule has 2 aromatic carbocycles. The average molecular weight is 514 g/mol. The van der Waals surface area contributed by atoms with Gasteiger partial charge in [0.05, 0.1) is 18.8 Å². The number of benzene rings is 2. The van der Waals surface area contributed by atoms with E-state index < -0.39 is 0 Å². The number of carbonyl (C=O) groups is 1. The quantitative estimate of drug-likeness (QED) is 0.423. The summed E-state index contributed by atoms with van der Waals surface area (Å²) in [6.45, 7) is 5.69. The predicted molar refractivity (Wildman–Crippen MR) is 133 cm³/mol. The lowest BCUT2D eigenvalue weighted by Gasteiger charge is -2.26. The van der Waals surface area contributed by atoms with Gasteiger partial charge in [0.1, 0.15) is 5.82 Å². The van der Waals surface area contributed by atoms with E-state index in [9.17, 15) is 4.79 Å². The highest BCUT2D eigenvalue weighted by molar-refractivity contribution is 9.10. The molecule has 0 spiro atoms. The van der Waals surface area contributed by atoms with Crippen LogP contribution >= 0.6 is 27.7 Å². The van der Waals surface area contributed by atoms with Crippen molar-refractivity contribution in [2.24, 2.45) is 0 Å². The zero-order chi connectivity index (χ0) is 22.3. The number of hydrogen-bond donors (Lipinski definition) is 1. The van der Waals surface area contributed by atoms with Crippen molar-refractivity contribution in [1.82, 2.24) is 19.7 Å². The smallest absolute Gasteiger partial charge is 0.234 e. The Balaban J connectivity index is 1.46.